The van der Waals surface area contributed by atoms with Crippen LogP contribution in [0.2, 0.25) is 10.0 Å². The predicted octanol–water partition coefficient (Wildman–Crippen LogP) is 4.70. The summed E-state index contributed by atoms with van der Waals surface area (Å²) in [4.78, 5) is 22.7. The number of nitrogens with one attached hydrogen (secondary N) is 1. The number of anilines is 1. The number of ether oxygens (including phenoxy) is 1. The summed E-state index contributed by atoms with van der Waals surface area (Å²) in [6.45, 7) is 1.70. The van der Waals surface area contributed by atoms with Crippen LogP contribution < -0.4 is 10.1 Å². The van der Waals surface area contributed by atoms with E-state index in [2.05, 4.69) is 10.4 Å². The first-order valence-corrected chi connectivity index (χ1v) is 8.77. The SMILES string of the molecule is Cc1cc([N+](=O)[O-])ccc1NC(=O)c1ccn(COc2cccc(Cl)c2Cl)n1. The molecule has 0 fully saturated rings. The van der Waals surface area contributed by atoms with Crippen molar-refractivity contribution >= 4 is 40.5 Å². The van der Waals surface area contributed by atoms with Crippen LogP contribution in [0.5, 0.6) is 5.75 Å². The first kappa shape index (κ1) is 19.7. The Bertz CT molecular complexity index is 1050. The normalized spacial score (nSPS) is 10.5. The van der Waals surface area contributed by atoms with E-state index < -0.39 is 10.8 Å². The Labute approximate surface area is 169 Å². The van der Waals surface area contributed by atoms with E-state index in [1.807, 2.05) is 0 Å². The standard InChI is InChI=1S/C18H14Cl2N4O4/c1-11-9-12(24(26)27)5-6-14(11)21-18(25)15-7-8-23(22-15)10-28-16-4-2-3-13(19)17(16)20/h2-9H,10H2,1H3,(H,21,25). The van der Waals surface area contributed by atoms with Gasteiger partial charge in [-0.15, -0.1) is 0 Å². The summed E-state index contributed by atoms with van der Waals surface area (Å²) in [6, 6.07) is 10.7. The minimum atomic E-state index is -0.494. The lowest BCUT2D eigenvalue weighted by Crippen LogP contribution is -2.15. The quantitative estimate of drug-likeness (QED) is 0.460. The summed E-state index contributed by atoms with van der Waals surface area (Å²) < 4.78 is 6.98. The minimum absolute atomic E-state index is 0.0316. The van der Waals surface area contributed by atoms with E-state index in [9.17, 15) is 14.9 Å². The number of amides is 1. The monoisotopic (exact) mass is 420 g/mol. The average molecular weight is 421 g/mol. The number of carbonyl (C=O) groups excluding carboxylic acids is 1. The number of hydrogen-bond donors (Lipinski definition) is 1. The molecule has 1 N–H and O–H groups in total. The van der Waals surface area contributed by atoms with Crippen LogP contribution in [0.15, 0.2) is 48.7 Å². The van der Waals surface area contributed by atoms with Crippen molar-refractivity contribution < 1.29 is 14.5 Å². The minimum Gasteiger partial charge on any atom is -0.470 e. The van der Waals surface area contributed by atoms with Gasteiger partial charge in [-0.1, -0.05) is 29.3 Å². The Balaban J connectivity index is 1.65. The predicted molar refractivity (Wildman–Crippen MR) is 105 cm³/mol. The average Bonchev–Trinajstić information content (AvgIpc) is 3.13. The highest BCUT2D eigenvalue weighted by Gasteiger charge is 2.14. The van der Waals surface area contributed by atoms with Crippen molar-refractivity contribution in [2.45, 2.75) is 13.7 Å². The van der Waals surface area contributed by atoms with Gasteiger partial charge in [0.2, 0.25) is 0 Å². The fourth-order valence-corrected chi connectivity index (χ4v) is 2.72. The van der Waals surface area contributed by atoms with Gasteiger partial charge in [0.05, 0.1) is 9.95 Å². The summed E-state index contributed by atoms with van der Waals surface area (Å²) in [5.41, 5.74) is 1.16. The van der Waals surface area contributed by atoms with Gasteiger partial charge in [-0.2, -0.15) is 5.10 Å². The maximum Gasteiger partial charge on any atom is 0.276 e. The van der Waals surface area contributed by atoms with Gasteiger partial charge < -0.3 is 10.1 Å². The number of nitro groups is 1. The zero-order valence-corrected chi connectivity index (χ0v) is 16.1. The number of aromatic nitrogens is 2. The summed E-state index contributed by atoms with van der Waals surface area (Å²) >= 11 is 12.0. The van der Waals surface area contributed by atoms with Gasteiger partial charge in [0.25, 0.3) is 11.6 Å². The molecule has 2 aromatic carbocycles. The highest BCUT2D eigenvalue weighted by Crippen LogP contribution is 2.31. The molecule has 0 unspecified atom stereocenters. The fourth-order valence-electron chi connectivity index (χ4n) is 2.37. The molecule has 1 amide bonds. The zero-order valence-electron chi connectivity index (χ0n) is 14.6. The summed E-state index contributed by atoms with van der Waals surface area (Å²) in [5, 5.41) is 18.3. The lowest BCUT2D eigenvalue weighted by molar-refractivity contribution is -0.384. The molecular weight excluding hydrogens is 407 g/mol. The third-order valence-corrected chi connectivity index (χ3v) is 4.61. The number of aryl methyl sites for hydroxylation is 1. The van der Waals surface area contributed by atoms with Crippen molar-refractivity contribution in [3.8, 4) is 5.75 Å². The van der Waals surface area contributed by atoms with Gasteiger partial charge in [0.1, 0.15) is 10.8 Å². The molecule has 0 bridgehead atoms. The molecule has 0 spiro atoms. The number of hydrogen-bond acceptors (Lipinski definition) is 5. The maximum atomic E-state index is 12.4. The first-order chi connectivity index (χ1) is 13.3. The van der Waals surface area contributed by atoms with Gasteiger partial charge in [0, 0.05) is 24.0 Å². The molecule has 8 nitrogen and oxygen atoms in total. The second kappa shape index (κ2) is 8.28. The molecule has 1 aromatic heterocycles. The molecule has 3 aromatic rings. The smallest absolute Gasteiger partial charge is 0.276 e. The zero-order chi connectivity index (χ0) is 20.3. The highest BCUT2D eigenvalue weighted by molar-refractivity contribution is 6.42. The number of benzene rings is 2. The molecule has 0 saturated carbocycles. The van der Waals surface area contributed by atoms with E-state index in [1.165, 1.54) is 28.9 Å². The lowest BCUT2D eigenvalue weighted by Gasteiger charge is -2.09. The molecule has 0 aliphatic rings. The van der Waals surface area contributed by atoms with E-state index >= 15 is 0 Å². The van der Waals surface area contributed by atoms with Crippen LogP contribution in [-0.2, 0) is 6.73 Å². The third-order valence-electron chi connectivity index (χ3n) is 3.81. The number of nitro benzene ring substituents is 1. The van der Waals surface area contributed by atoms with Gasteiger partial charge >= 0.3 is 0 Å². The van der Waals surface area contributed by atoms with E-state index in [0.717, 1.165) is 0 Å². The topological polar surface area (TPSA) is 99.3 Å². The molecule has 0 radical (unpaired) electrons. The van der Waals surface area contributed by atoms with Crippen molar-refractivity contribution in [3.05, 3.63) is 80.1 Å². The van der Waals surface area contributed by atoms with Gasteiger partial charge in [-0.05, 0) is 36.8 Å². The van der Waals surface area contributed by atoms with Gasteiger partial charge in [-0.3, -0.25) is 14.9 Å². The number of halogens is 2. The molecule has 1 heterocycles. The van der Waals surface area contributed by atoms with E-state index in [-0.39, 0.29) is 18.1 Å². The van der Waals surface area contributed by atoms with Crippen molar-refractivity contribution in [1.29, 1.82) is 0 Å². The molecule has 0 atom stereocenters. The second-order valence-electron chi connectivity index (χ2n) is 5.78. The molecule has 28 heavy (non-hydrogen) atoms. The van der Waals surface area contributed by atoms with E-state index in [4.69, 9.17) is 27.9 Å². The maximum absolute atomic E-state index is 12.4. The summed E-state index contributed by atoms with van der Waals surface area (Å²) in [7, 11) is 0. The van der Waals surface area contributed by atoms with Crippen LogP contribution in [0, 0.1) is 17.0 Å². The van der Waals surface area contributed by atoms with Crippen molar-refractivity contribution in [1.82, 2.24) is 9.78 Å². The molecule has 0 saturated heterocycles. The Morgan fingerprint density at radius 3 is 2.79 bits per heavy atom. The van der Waals surface area contributed by atoms with E-state index in [1.54, 1.807) is 31.3 Å². The lowest BCUT2D eigenvalue weighted by atomic mass is 10.1. The van der Waals surface area contributed by atoms with Crippen LogP contribution in [-0.4, -0.2) is 20.6 Å². The largest absolute Gasteiger partial charge is 0.470 e. The third kappa shape index (κ3) is 4.41. The van der Waals surface area contributed by atoms with Crippen molar-refractivity contribution in [2.75, 3.05) is 5.32 Å². The van der Waals surface area contributed by atoms with Crippen LogP contribution >= 0.6 is 23.2 Å². The molecule has 0 aliphatic heterocycles. The summed E-state index contributed by atoms with van der Waals surface area (Å²) in [6.07, 6.45) is 1.58. The number of rotatable bonds is 6. The van der Waals surface area contributed by atoms with Gasteiger partial charge in [0.15, 0.2) is 12.4 Å². The second-order valence-corrected chi connectivity index (χ2v) is 6.56. The van der Waals surface area contributed by atoms with Crippen LogP contribution in [0.3, 0.4) is 0 Å². The Morgan fingerprint density at radius 1 is 1.29 bits per heavy atom. The Morgan fingerprint density at radius 2 is 2.07 bits per heavy atom. The number of non-ortho nitro benzene ring substituents is 1. The number of nitrogens with zero attached hydrogens (tertiary/aromatic N) is 3. The summed E-state index contributed by atoms with van der Waals surface area (Å²) in [5.74, 6) is -0.0475. The molecule has 144 valence electrons. The molecule has 10 heteroatoms. The van der Waals surface area contributed by atoms with Gasteiger partial charge in [-0.25, -0.2) is 4.68 Å². The Hall–Kier alpha value is -3.10. The fraction of sp³-hybridized carbons (Fsp3) is 0.111. The molecular formula is C18H14Cl2N4O4. The van der Waals surface area contributed by atoms with Crippen LogP contribution in [0.4, 0.5) is 11.4 Å². The van der Waals surface area contributed by atoms with Crippen molar-refractivity contribution in [2.24, 2.45) is 0 Å². The first-order valence-electron chi connectivity index (χ1n) is 8.02. The Kier molecular flexibility index (Phi) is 5.81. The van der Waals surface area contributed by atoms with Crippen LogP contribution in [0.1, 0.15) is 16.1 Å². The molecule has 0 aliphatic carbocycles. The molecule has 3 rings (SSSR count). The number of carbonyl (C=O) groups is 1. The highest BCUT2D eigenvalue weighted by atomic mass is 35.5. The van der Waals surface area contributed by atoms with E-state index in [0.29, 0.717) is 27.0 Å². The van der Waals surface area contributed by atoms with Crippen molar-refractivity contribution in [3.63, 3.8) is 0 Å². The van der Waals surface area contributed by atoms with Crippen LogP contribution in [0.25, 0.3) is 0 Å².